The number of benzene rings is 3. The van der Waals surface area contributed by atoms with E-state index in [2.05, 4.69) is 4.72 Å². The molecule has 6 nitrogen and oxygen atoms in total. The van der Waals surface area contributed by atoms with Crippen LogP contribution in [0.2, 0.25) is 5.02 Å². The average Bonchev–Trinajstić information content (AvgIpc) is 3.03. The predicted octanol–water partition coefficient (Wildman–Crippen LogP) is 4.94. The lowest BCUT2D eigenvalue weighted by atomic mass is 10.0. The molecule has 1 aromatic heterocycles. The smallest absolute Gasteiger partial charge is 0.231 e. The molecule has 0 atom stereocenters. The van der Waals surface area contributed by atoms with E-state index in [1.54, 1.807) is 54.6 Å². The topological polar surface area (TPSA) is 102 Å². The second-order valence-electron chi connectivity index (χ2n) is 6.82. The highest BCUT2D eigenvalue weighted by atomic mass is 35.5. The highest BCUT2D eigenvalue weighted by Gasteiger charge is 2.22. The summed E-state index contributed by atoms with van der Waals surface area (Å²) < 4.78 is 31.2. The van der Waals surface area contributed by atoms with E-state index in [1.165, 1.54) is 0 Å². The molecule has 30 heavy (non-hydrogen) atoms. The van der Waals surface area contributed by atoms with Gasteiger partial charge in [-0.25, -0.2) is 8.42 Å². The zero-order chi connectivity index (χ0) is 21.5. The molecule has 8 heteroatoms. The minimum atomic E-state index is -3.39. The molecule has 0 aliphatic heterocycles. The summed E-state index contributed by atoms with van der Waals surface area (Å²) in [6.45, 7) is 0. The van der Waals surface area contributed by atoms with Crippen LogP contribution in [0.15, 0.2) is 71.1 Å². The number of hydrogen-bond donors (Lipinski definition) is 2. The summed E-state index contributed by atoms with van der Waals surface area (Å²) in [5, 5.41) is 0.929. The molecule has 0 amide bonds. The number of nitrogens with two attached hydrogens (primary N) is 1. The van der Waals surface area contributed by atoms with Crippen molar-refractivity contribution in [2.75, 3.05) is 16.7 Å². The number of hydrogen-bond acceptors (Lipinski definition) is 5. The Bertz CT molecular complexity index is 1390. The number of nitrogens with one attached hydrogen (secondary N) is 1. The van der Waals surface area contributed by atoms with Gasteiger partial charge in [0.2, 0.25) is 15.8 Å². The van der Waals surface area contributed by atoms with E-state index in [0.29, 0.717) is 27.2 Å². The molecule has 0 aliphatic rings. The van der Waals surface area contributed by atoms with E-state index in [4.69, 9.17) is 21.8 Å². The second kappa shape index (κ2) is 7.51. The maximum absolute atomic E-state index is 12.9. The lowest BCUT2D eigenvalue weighted by Gasteiger charge is -2.07. The zero-order valence-electron chi connectivity index (χ0n) is 15.8. The van der Waals surface area contributed by atoms with Gasteiger partial charge in [0.15, 0.2) is 5.76 Å². The summed E-state index contributed by atoms with van der Waals surface area (Å²) in [6.07, 6.45) is 1.09. The van der Waals surface area contributed by atoms with E-state index < -0.39 is 15.8 Å². The molecule has 0 saturated heterocycles. The summed E-state index contributed by atoms with van der Waals surface area (Å²) in [6, 6.07) is 19.0. The van der Waals surface area contributed by atoms with Gasteiger partial charge in [0.1, 0.15) is 5.58 Å². The van der Waals surface area contributed by atoms with Gasteiger partial charge < -0.3 is 10.2 Å². The summed E-state index contributed by atoms with van der Waals surface area (Å²) in [5.74, 6) is -0.363. The van der Waals surface area contributed by atoms with E-state index in [-0.39, 0.29) is 11.4 Å². The first-order valence-corrected chi connectivity index (χ1v) is 11.2. The molecular weight excluding hydrogens is 424 g/mol. The van der Waals surface area contributed by atoms with Crippen molar-refractivity contribution in [1.82, 2.24) is 0 Å². The molecule has 0 fully saturated rings. The van der Waals surface area contributed by atoms with Gasteiger partial charge >= 0.3 is 0 Å². The van der Waals surface area contributed by atoms with Crippen molar-refractivity contribution < 1.29 is 17.6 Å². The van der Waals surface area contributed by atoms with Crippen LogP contribution in [-0.4, -0.2) is 20.5 Å². The van der Waals surface area contributed by atoms with E-state index in [9.17, 15) is 13.2 Å². The summed E-state index contributed by atoms with van der Waals surface area (Å²) in [4.78, 5) is 12.9. The quantitative estimate of drug-likeness (QED) is 0.428. The Hall–Kier alpha value is -3.29. The third kappa shape index (κ3) is 3.90. The van der Waals surface area contributed by atoms with Crippen LogP contribution < -0.4 is 10.5 Å². The summed E-state index contributed by atoms with van der Waals surface area (Å²) in [7, 11) is -3.39. The van der Waals surface area contributed by atoms with Crippen LogP contribution in [-0.2, 0) is 10.0 Å². The fourth-order valence-corrected chi connectivity index (χ4v) is 3.99. The largest absolute Gasteiger partial charge is 0.450 e. The van der Waals surface area contributed by atoms with Crippen molar-refractivity contribution in [2.24, 2.45) is 0 Å². The fourth-order valence-electron chi connectivity index (χ4n) is 3.21. The number of furan rings is 1. The number of sulfonamides is 1. The Kier molecular flexibility index (Phi) is 5.01. The number of halogens is 1. The maximum atomic E-state index is 12.9. The Morgan fingerprint density at radius 1 is 1.00 bits per heavy atom. The molecule has 152 valence electrons. The number of anilines is 2. The Morgan fingerprint density at radius 3 is 2.47 bits per heavy atom. The lowest BCUT2D eigenvalue weighted by molar-refractivity contribution is 0.101. The van der Waals surface area contributed by atoms with Crippen molar-refractivity contribution in [3.05, 3.63) is 83.1 Å². The number of ketones is 1. The van der Waals surface area contributed by atoms with E-state index in [1.807, 2.05) is 12.1 Å². The van der Waals surface area contributed by atoms with E-state index in [0.717, 1.165) is 17.4 Å². The Balaban J connectivity index is 1.75. The van der Waals surface area contributed by atoms with Gasteiger partial charge in [-0.05, 0) is 47.5 Å². The summed E-state index contributed by atoms with van der Waals surface area (Å²) >= 11 is 6.13. The van der Waals surface area contributed by atoms with Crippen molar-refractivity contribution >= 4 is 49.8 Å². The number of nitrogen functional groups attached to an aromatic ring is 1. The normalized spacial score (nSPS) is 11.5. The minimum Gasteiger partial charge on any atom is -0.450 e. The molecule has 0 unspecified atom stereocenters. The van der Waals surface area contributed by atoms with Gasteiger partial charge in [-0.2, -0.15) is 0 Å². The number of fused-ring (bicyclic) bond motifs is 1. The van der Waals surface area contributed by atoms with Gasteiger partial charge in [0, 0.05) is 16.6 Å². The SMILES string of the molecule is CS(=O)(=O)Nc1cccc(-c2ccc3c(N)c(C(=O)c4ccccc4Cl)oc3c2)c1. The maximum Gasteiger partial charge on any atom is 0.231 e. The third-order valence-corrected chi connectivity index (χ3v) is 5.49. The first-order chi connectivity index (χ1) is 14.2. The Labute approximate surface area is 178 Å². The number of carbonyl (C=O) groups is 1. The highest BCUT2D eigenvalue weighted by Crippen LogP contribution is 2.34. The summed E-state index contributed by atoms with van der Waals surface area (Å²) in [5.41, 5.74) is 9.18. The molecule has 3 aromatic carbocycles. The number of rotatable bonds is 5. The molecule has 1 heterocycles. The molecule has 4 rings (SSSR count). The van der Waals surface area contributed by atoms with Crippen LogP contribution in [0.4, 0.5) is 11.4 Å². The van der Waals surface area contributed by atoms with Crippen molar-refractivity contribution in [1.29, 1.82) is 0 Å². The Morgan fingerprint density at radius 2 is 1.73 bits per heavy atom. The van der Waals surface area contributed by atoms with Crippen LogP contribution in [0.5, 0.6) is 0 Å². The first kappa shape index (κ1) is 20.0. The minimum absolute atomic E-state index is 0.0303. The molecule has 3 N–H and O–H groups in total. The third-order valence-electron chi connectivity index (χ3n) is 4.55. The van der Waals surface area contributed by atoms with Crippen LogP contribution in [0.3, 0.4) is 0 Å². The van der Waals surface area contributed by atoms with Crippen LogP contribution >= 0.6 is 11.6 Å². The molecule has 4 aromatic rings. The highest BCUT2D eigenvalue weighted by molar-refractivity contribution is 7.92. The first-order valence-electron chi connectivity index (χ1n) is 8.92. The van der Waals surface area contributed by atoms with Gasteiger partial charge in [-0.1, -0.05) is 41.9 Å². The van der Waals surface area contributed by atoms with Crippen molar-refractivity contribution in [3.63, 3.8) is 0 Å². The van der Waals surface area contributed by atoms with E-state index >= 15 is 0 Å². The van der Waals surface area contributed by atoms with Gasteiger partial charge in [-0.3, -0.25) is 9.52 Å². The van der Waals surface area contributed by atoms with Crippen molar-refractivity contribution in [3.8, 4) is 11.1 Å². The van der Waals surface area contributed by atoms with Crippen LogP contribution in [0.25, 0.3) is 22.1 Å². The number of carbonyl (C=O) groups excluding carboxylic acids is 1. The van der Waals surface area contributed by atoms with Crippen LogP contribution in [0.1, 0.15) is 16.1 Å². The van der Waals surface area contributed by atoms with Gasteiger partial charge in [0.25, 0.3) is 0 Å². The average molecular weight is 441 g/mol. The second-order valence-corrected chi connectivity index (χ2v) is 8.98. The van der Waals surface area contributed by atoms with Crippen LogP contribution in [0, 0.1) is 0 Å². The molecular formula is C22H17ClN2O4S. The standard InChI is InChI=1S/C22H17ClN2O4S/c1-30(27,28)25-15-6-4-5-13(11-15)14-9-10-17-19(12-14)29-22(20(17)24)21(26)16-7-2-3-8-18(16)23/h2-12,25H,24H2,1H3. The molecule has 0 spiro atoms. The monoisotopic (exact) mass is 440 g/mol. The molecule has 0 bridgehead atoms. The van der Waals surface area contributed by atoms with Gasteiger partial charge in [-0.15, -0.1) is 0 Å². The predicted molar refractivity (Wildman–Crippen MR) is 119 cm³/mol. The lowest BCUT2D eigenvalue weighted by Crippen LogP contribution is -2.09. The van der Waals surface area contributed by atoms with Gasteiger partial charge in [0.05, 0.1) is 17.0 Å². The molecule has 0 saturated carbocycles. The fraction of sp³-hybridized carbons (Fsp3) is 0.0455. The molecule has 0 radical (unpaired) electrons. The van der Waals surface area contributed by atoms with Crippen molar-refractivity contribution in [2.45, 2.75) is 0 Å². The molecule has 0 aliphatic carbocycles. The zero-order valence-corrected chi connectivity index (χ0v) is 17.4.